The summed E-state index contributed by atoms with van der Waals surface area (Å²) in [5.41, 5.74) is 8.34. The number of halogens is 1. The summed E-state index contributed by atoms with van der Waals surface area (Å²) in [6.45, 7) is 0.439. The first-order valence-electron chi connectivity index (χ1n) is 9.02. The third-order valence-electron chi connectivity index (χ3n) is 5.56. The fourth-order valence-electron chi connectivity index (χ4n) is 4.17. The molecule has 0 bridgehead atoms. The number of para-hydroxylation sites is 1. The van der Waals surface area contributed by atoms with E-state index in [1.54, 1.807) is 22.9 Å². The second kappa shape index (κ2) is 6.26. The van der Waals surface area contributed by atoms with E-state index in [0.29, 0.717) is 17.9 Å². The Bertz CT molecular complexity index is 808. The quantitative estimate of drug-likeness (QED) is 0.897. The normalized spacial score (nSPS) is 18.3. The van der Waals surface area contributed by atoms with Gasteiger partial charge in [0, 0.05) is 17.8 Å². The Kier molecular flexibility index (Phi) is 4.07. The number of aromatic nitrogens is 2. The zero-order chi connectivity index (χ0) is 17.4. The fourth-order valence-corrected chi connectivity index (χ4v) is 4.17. The SMILES string of the molecule is NCC1(NC(=O)c2nn(-c3ccccc3F)c3c2CCC3)CCCC1. The van der Waals surface area contributed by atoms with E-state index in [9.17, 15) is 9.18 Å². The maximum Gasteiger partial charge on any atom is 0.272 e. The highest BCUT2D eigenvalue weighted by atomic mass is 19.1. The van der Waals surface area contributed by atoms with Crippen molar-refractivity contribution in [2.75, 3.05) is 6.54 Å². The molecule has 1 fully saturated rings. The molecule has 1 saturated carbocycles. The molecule has 0 saturated heterocycles. The van der Waals surface area contributed by atoms with Crippen LogP contribution in [0.25, 0.3) is 5.69 Å². The Labute approximate surface area is 146 Å². The second-order valence-electron chi connectivity index (χ2n) is 7.14. The van der Waals surface area contributed by atoms with Crippen LogP contribution in [0.1, 0.15) is 53.8 Å². The fraction of sp³-hybridized carbons (Fsp3) is 0.474. The molecule has 6 heteroatoms. The highest BCUT2D eigenvalue weighted by Gasteiger charge is 2.36. The molecule has 0 aliphatic heterocycles. The Morgan fingerprint density at radius 2 is 2.00 bits per heavy atom. The van der Waals surface area contributed by atoms with Gasteiger partial charge < -0.3 is 11.1 Å². The molecule has 0 atom stereocenters. The molecule has 0 spiro atoms. The van der Waals surface area contributed by atoms with E-state index in [-0.39, 0.29) is 17.3 Å². The van der Waals surface area contributed by atoms with Gasteiger partial charge >= 0.3 is 0 Å². The Hall–Kier alpha value is -2.21. The molecule has 2 aliphatic carbocycles. The third-order valence-corrected chi connectivity index (χ3v) is 5.56. The lowest BCUT2D eigenvalue weighted by molar-refractivity contribution is 0.0896. The van der Waals surface area contributed by atoms with Crippen LogP contribution in [0, 0.1) is 5.82 Å². The van der Waals surface area contributed by atoms with Gasteiger partial charge in [-0.15, -0.1) is 0 Å². The Morgan fingerprint density at radius 3 is 2.72 bits per heavy atom. The van der Waals surface area contributed by atoms with Crippen LogP contribution in [-0.2, 0) is 12.8 Å². The van der Waals surface area contributed by atoms with Crippen molar-refractivity contribution >= 4 is 5.91 Å². The maximum absolute atomic E-state index is 14.2. The van der Waals surface area contributed by atoms with Crippen molar-refractivity contribution in [1.82, 2.24) is 15.1 Å². The minimum Gasteiger partial charge on any atom is -0.344 e. The molecule has 1 aromatic heterocycles. The van der Waals surface area contributed by atoms with E-state index >= 15 is 0 Å². The molecular formula is C19H23FN4O. The number of rotatable bonds is 4. The number of nitrogens with one attached hydrogen (secondary N) is 1. The van der Waals surface area contributed by atoms with E-state index in [0.717, 1.165) is 56.2 Å². The number of fused-ring (bicyclic) bond motifs is 1. The van der Waals surface area contributed by atoms with Gasteiger partial charge in [-0.05, 0) is 44.2 Å². The average Bonchev–Trinajstić information content (AvgIpc) is 3.32. The molecule has 0 radical (unpaired) electrons. The number of carbonyl (C=O) groups is 1. The summed E-state index contributed by atoms with van der Waals surface area (Å²) in [5, 5.41) is 7.63. The highest BCUT2D eigenvalue weighted by molar-refractivity contribution is 5.95. The number of amides is 1. The van der Waals surface area contributed by atoms with Crippen LogP contribution in [0.5, 0.6) is 0 Å². The van der Waals surface area contributed by atoms with Crippen LogP contribution in [0.2, 0.25) is 0 Å². The van der Waals surface area contributed by atoms with Gasteiger partial charge in [0.25, 0.3) is 5.91 Å². The van der Waals surface area contributed by atoms with Crippen molar-refractivity contribution in [1.29, 1.82) is 0 Å². The predicted octanol–water partition coefficient (Wildman–Crippen LogP) is 2.50. The summed E-state index contributed by atoms with van der Waals surface area (Å²) in [5.74, 6) is -0.513. The van der Waals surface area contributed by atoms with Gasteiger partial charge in [-0.3, -0.25) is 4.79 Å². The summed E-state index contributed by atoms with van der Waals surface area (Å²) in [4.78, 5) is 12.9. The monoisotopic (exact) mass is 342 g/mol. The molecule has 1 heterocycles. The van der Waals surface area contributed by atoms with Crippen molar-refractivity contribution in [3.63, 3.8) is 0 Å². The van der Waals surface area contributed by atoms with Gasteiger partial charge in [0.15, 0.2) is 5.69 Å². The molecule has 25 heavy (non-hydrogen) atoms. The smallest absolute Gasteiger partial charge is 0.272 e. The lowest BCUT2D eigenvalue weighted by Crippen LogP contribution is -2.51. The highest BCUT2D eigenvalue weighted by Crippen LogP contribution is 2.31. The first kappa shape index (κ1) is 16.3. The summed E-state index contributed by atoms with van der Waals surface area (Å²) >= 11 is 0. The van der Waals surface area contributed by atoms with Crippen molar-refractivity contribution in [3.05, 3.63) is 47.0 Å². The van der Waals surface area contributed by atoms with Gasteiger partial charge in [0.2, 0.25) is 0 Å². The van der Waals surface area contributed by atoms with Crippen LogP contribution in [0.15, 0.2) is 24.3 Å². The summed E-state index contributed by atoms with van der Waals surface area (Å²) in [6.07, 6.45) is 6.56. The van der Waals surface area contributed by atoms with E-state index < -0.39 is 0 Å². The molecular weight excluding hydrogens is 319 g/mol. The number of nitrogens with two attached hydrogens (primary N) is 1. The van der Waals surface area contributed by atoms with Crippen LogP contribution in [0.4, 0.5) is 4.39 Å². The van der Waals surface area contributed by atoms with Crippen LogP contribution < -0.4 is 11.1 Å². The predicted molar refractivity (Wildman–Crippen MR) is 93.3 cm³/mol. The molecule has 5 nitrogen and oxygen atoms in total. The summed E-state index contributed by atoms with van der Waals surface area (Å²) < 4.78 is 15.8. The molecule has 1 amide bonds. The zero-order valence-corrected chi connectivity index (χ0v) is 14.2. The number of carbonyl (C=O) groups excluding carboxylic acids is 1. The average molecular weight is 342 g/mol. The number of benzene rings is 1. The standard InChI is InChI=1S/C19H23FN4O/c20-14-7-1-2-8-16(14)24-15-9-5-6-13(15)17(23-24)18(25)22-19(12-21)10-3-4-11-19/h1-2,7-8H,3-6,9-12,21H2,(H,22,25). The number of hydrogen-bond donors (Lipinski definition) is 2. The van der Waals surface area contributed by atoms with Gasteiger partial charge in [0.05, 0.1) is 5.54 Å². The van der Waals surface area contributed by atoms with Crippen LogP contribution in [0.3, 0.4) is 0 Å². The molecule has 3 N–H and O–H groups in total. The molecule has 0 unspecified atom stereocenters. The lowest BCUT2D eigenvalue weighted by Gasteiger charge is -2.28. The molecule has 1 aromatic carbocycles. The first-order chi connectivity index (χ1) is 12.1. The third kappa shape index (κ3) is 2.74. The van der Waals surface area contributed by atoms with Crippen LogP contribution in [-0.4, -0.2) is 27.8 Å². The van der Waals surface area contributed by atoms with E-state index in [1.807, 2.05) is 0 Å². The Morgan fingerprint density at radius 1 is 1.24 bits per heavy atom. The van der Waals surface area contributed by atoms with Crippen molar-refractivity contribution in [2.45, 2.75) is 50.5 Å². The minimum absolute atomic E-state index is 0.180. The van der Waals surface area contributed by atoms with E-state index in [4.69, 9.17) is 5.73 Å². The number of hydrogen-bond acceptors (Lipinski definition) is 3. The maximum atomic E-state index is 14.2. The minimum atomic E-state index is -0.333. The Balaban J connectivity index is 1.70. The molecule has 2 aliphatic rings. The van der Waals surface area contributed by atoms with Gasteiger partial charge in [-0.25, -0.2) is 9.07 Å². The van der Waals surface area contributed by atoms with E-state index in [1.165, 1.54) is 6.07 Å². The van der Waals surface area contributed by atoms with Crippen molar-refractivity contribution in [2.24, 2.45) is 5.73 Å². The largest absolute Gasteiger partial charge is 0.344 e. The van der Waals surface area contributed by atoms with E-state index in [2.05, 4.69) is 10.4 Å². The number of nitrogens with zero attached hydrogens (tertiary/aromatic N) is 2. The van der Waals surface area contributed by atoms with Crippen molar-refractivity contribution < 1.29 is 9.18 Å². The molecule has 4 rings (SSSR count). The second-order valence-corrected chi connectivity index (χ2v) is 7.14. The van der Waals surface area contributed by atoms with Gasteiger partial charge in [-0.2, -0.15) is 5.10 Å². The first-order valence-corrected chi connectivity index (χ1v) is 9.02. The van der Waals surface area contributed by atoms with Gasteiger partial charge in [-0.1, -0.05) is 25.0 Å². The summed E-state index contributed by atoms with van der Waals surface area (Å²) in [6, 6.07) is 6.55. The molecule has 2 aromatic rings. The van der Waals surface area contributed by atoms with Gasteiger partial charge in [0.1, 0.15) is 11.5 Å². The summed E-state index contributed by atoms with van der Waals surface area (Å²) in [7, 11) is 0. The lowest BCUT2D eigenvalue weighted by atomic mass is 9.97. The zero-order valence-electron chi connectivity index (χ0n) is 14.2. The van der Waals surface area contributed by atoms with Crippen molar-refractivity contribution in [3.8, 4) is 5.69 Å². The topological polar surface area (TPSA) is 72.9 Å². The molecule has 132 valence electrons. The van der Waals surface area contributed by atoms with Crippen LogP contribution >= 0.6 is 0 Å².